The van der Waals surface area contributed by atoms with E-state index in [1.165, 1.54) is 10.9 Å². The van der Waals surface area contributed by atoms with E-state index in [2.05, 4.69) is 23.3 Å². The van der Waals surface area contributed by atoms with Crippen LogP contribution < -0.4 is 10.1 Å². The van der Waals surface area contributed by atoms with Crippen molar-refractivity contribution in [1.82, 2.24) is 10.3 Å². The number of aromatic amines is 1. The number of ether oxygens (including phenoxy) is 1. The zero-order valence-corrected chi connectivity index (χ0v) is 12.6. The summed E-state index contributed by atoms with van der Waals surface area (Å²) >= 11 is 0. The van der Waals surface area contributed by atoms with Gasteiger partial charge in [0.15, 0.2) is 0 Å². The second kappa shape index (κ2) is 5.83. The third-order valence-electron chi connectivity index (χ3n) is 3.37. The molecule has 20 heavy (non-hydrogen) atoms. The van der Waals surface area contributed by atoms with Gasteiger partial charge in [-0.3, -0.25) is 0 Å². The number of aromatic nitrogens is 1. The highest BCUT2D eigenvalue weighted by atomic mass is 19.1. The minimum atomic E-state index is -1.18. The minimum Gasteiger partial charge on any atom is -0.497 e. The number of benzene rings is 1. The van der Waals surface area contributed by atoms with Crippen LogP contribution >= 0.6 is 0 Å². The molecule has 0 aliphatic rings. The van der Waals surface area contributed by atoms with Crippen molar-refractivity contribution >= 4 is 10.9 Å². The van der Waals surface area contributed by atoms with Gasteiger partial charge in [-0.1, -0.05) is 0 Å². The predicted molar refractivity (Wildman–Crippen MR) is 81.2 cm³/mol. The van der Waals surface area contributed by atoms with E-state index in [9.17, 15) is 4.39 Å². The molecule has 110 valence electrons. The summed E-state index contributed by atoms with van der Waals surface area (Å²) in [7, 11) is 1.66. The van der Waals surface area contributed by atoms with Gasteiger partial charge < -0.3 is 15.0 Å². The topological polar surface area (TPSA) is 37.0 Å². The third kappa shape index (κ3) is 3.73. The first kappa shape index (κ1) is 14.9. The monoisotopic (exact) mass is 278 g/mol. The van der Waals surface area contributed by atoms with Crippen molar-refractivity contribution in [1.29, 1.82) is 0 Å². The summed E-state index contributed by atoms with van der Waals surface area (Å²) in [5.41, 5.74) is 1.12. The number of fused-ring (bicyclic) bond motifs is 1. The fourth-order valence-corrected chi connectivity index (χ4v) is 2.28. The minimum absolute atomic E-state index is 0.228. The Morgan fingerprint density at radius 1 is 1.40 bits per heavy atom. The molecule has 0 spiro atoms. The largest absolute Gasteiger partial charge is 0.497 e. The summed E-state index contributed by atoms with van der Waals surface area (Å²) in [6.07, 6.45) is 2.88. The van der Waals surface area contributed by atoms with E-state index in [1.807, 2.05) is 18.3 Å². The molecule has 0 bridgehead atoms. The lowest BCUT2D eigenvalue weighted by Crippen LogP contribution is -2.37. The van der Waals surface area contributed by atoms with Gasteiger partial charge in [0.25, 0.3) is 0 Å². The molecule has 2 aromatic rings. The quantitative estimate of drug-likeness (QED) is 0.849. The smallest absolute Gasteiger partial charge is 0.120 e. The maximum atomic E-state index is 13.5. The van der Waals surface area contributed by atoms with Crippen molar-refractivity contribution in [3.05, 3.63) is 30.0 Å². The van der Waals surface area contributed by atoms with Gasteiger partial charge in [-0.2, -0.15) is 0 Å². The maximum absolute atomic E-state index is 13.5. The van der Waals surface area contributed by atoms with E-state index in [4.69, 9.17) is 4.74 Å². The van der Waals surface area contributed by atoms with E-state index in [1.54, 1.807) is 21.0 Å². The van der Waals surface area contributed by atoms with Crippen molar-refractivity contribution in [2.75, 3.05) is 13.7 Å². The third-order valence-corrected chi connectivity index (χ3v) is 3.37. The van der Waals surface area contributed by atoms with Crippen LogP contribution in [0.4, 0.5) is 4.39 Å². The van der Waals surface area contributed by atoms with Crippen LogP contribution in [0.25, 0.3) is 10.9 Å². The molecule has 0 aliphatic carbocycles. The molecule has 0 radical (unpaired) electrons. The van der Waals surface area contributed by atoms with Crippen LogP contribution in [0.1, 0.15) is 26.3 Å². The van der Waals surface area contributed by atoms with Gasteiger partial charge in [0.2, 0.25) is 0 Å². The average molecular weight is 278 g/mol. The molecular weight excluding hydrogens is 255 g/mol. The summed E-state index contributed by atoms with van der Waals surface area (Å²) in [6.45, 7) is 5.62. The van der Waals surface area contributed by atoms with Crippen molar-refractivity contribution in [3.63, 3.8) is 0 Å². The molecule has 2 rings (SSSR count). The van der Waals surface area contributed by atoms with Crippen LogP contribution in [0.2, 0.25) is 0 Å². The van der Waals surface area contributed by atoms with Crippen molar-refractivity contribution in [2.24, 2.45) is 0 Å². The Kier molecular flexibility index (Phi) is 4.33. The molecule has 3 nitrogen and oxygen atoms in total. The number of hydrogen-bond acceptors (Lipinski definition) is 2. The molecule has 4 heteroatoms. The van der Waals surface area contributed by atoms with Crippen molar-refractivity contribution in [2.45, 2.75) is 38.9 Å². The van der Waals surface area contributed by atoms with Gasteiger partial charge in [-0.25, -0.2) is 4.39 Å². The maximum Gasteiger partial charge on any atom is 0.120 e. The Morgan fingerprint density at radius 3 is 2.80 bits per heavy atom. The highest BCUT2D eigenvalue weighted by molar-refractivity contribution is 5.84. The first-order valence-corrected chi connectivity index (χ1v) is 6.95. The van der Waals surface area contributed by atoms with Crippen LogP contribution in [0.15, 0.2) is 24.4 Å². The predicted octanol–water partition coefficient (Wildman–Crippen LogP) is 3.45. The average Bonchev–Trinajstić information content (AvgIpc) is 2.78. The summed E-state index contributed by atoms with van der Waals surface area (Å²) in [5.74, 6) is 0.844. The molecule has 1 heterocycles. The van der Waals surface area contributed by atoms with E-state index in [0.29, 0.717) is 6.54 Å². The van der Waals surface area contributed by atoms with Gasteiger partial charge in [0, 0.05) is 35.8 Å². The van der Waals surface area contributed by atoms with Crippen molar-refractivity contribution in [3.8, 4) is 5.75 Å². The molecular formula is C16H23FN2O. The summed E-state index contributed by atoms with van der Waals surface area (Å²) < 4.78 is 18.7. The fraction of sp³-hybridized carbons (Fsp3) is 0.500. The number of nitrogens with one attached hydrogen (secondary N) is 2. The van der Waals surface area contributed by atoms with E-state index >= 15 is 0 Å². The zero-order chi connectivity index (χ0) is 14.8. The molecule has 1 aromatic heterocycles. The molecule has 1 aromatic carbocycles. The molecule has 0 fully saturated rings. The normalized spacial score (nSPS) is 13.7. The Labute approximate surface area is 119 Å². The van der Waals surface area contributed by atoms with E-state index < -0.39 is 5.67 Å². The van der Waals surface area contributed by atoms with E-state index in [0.717, 1.165) is 17.7 Å². The van der Waals surface area contributed by atoms with Gasteiger partial charge in [0.1, 0.15) is 11.4 Å². The molecule has 0 amide bonds. The van der Waals surface area contributed by atoms with Gasteiger partial charge in [0.05, 0.1) is 7.11 Å². The van der Waals surface area contributed by atoms with Crippen LogP contribution in [-0.4, -0.2) is 30.3 Å². The number of alkyl halides is 1. The second-order valence-electron chi connectivity index (χ2n) is 5.93. The van der Waals surface area contributed by atoms with Crippen LogP contribution in [-0.2, 0) is 6.42 Å². The number of rotatable bonds is 6. The Balaban J connectivity index is 2.06. The summed E-state index contributed by atoms with van der Waals surface area (Å²) in [4.78, 5) is 3.26. The van der Waals surface area contributed by atoms with Crippen LogP contribution in [0.3, 0.4) is 0 Å². The first-order chi connectivity index (χ1) is 9.39. The van der Waals surface area contributed by atoms with Gasteiger partial charge in [-0.05, 0) is 44.9 Å². The standard InChI is InChI=1S/C16H23FN2O/c1-11(19-10-16(2,3)17)7-12-9-18-15-8-13(20-4)5-6-14(12)15/h5-6,8-9,11,18-19H,7,10H2,1-4H3. The molecule has 0 aliphatic heterocycles. The first-order valence-electron chi connectivity index (χ1n) is 6.95. The highest BCUT2D eigenvalue weighted by Crippen LogP contribution is 2.24. The van der Waals surface area contributed by atoms with Gasteiger partial charge in [-0.15, -0.1) is 0 Å². The van der Waals surface area contributed by atoms with Gasteiger partial charge >= 0.3 is 0 Å². The molecule has 1 atom stereocenters. The van der Waals surface area contributed by atoms with Crippen LogP contribution in [0, 0.1) is 0 Å². The lowest BCUT2D eigenvalue weighted by molar-refractivity contribution is 0.204. The SMILES string of the molecule is COc1ccc2c(CC(C)NCC(C)(C)F)c[nH]c2c1. The molecule has 1 unspecified atom stereocenters. The van der Waals surface area contributed by atoms with Crippen LogP contribution in [0.5, 0.6) is 5.75 Å². The zero-order valence-electron chi connectivity index (χ0n) is 12.6. The molecule has 0 saturated carbocycles. The lowest BCUT2D eigenvalue weighted by atomic mass is 10.0. The highest BCUT2D eigenvalue weighted by Gasteiger charge is 2.17. The molecule has 0 saturated heterocycles. The Hall–Kier alpha value is -1.55. The number of hydrogen-bond donors (Lipinski definition) is 2. The Morgan fingerprint density at radius 2 is 2.15 bits per heavy atom. The number of methoxy groups -OCH3 is 1. The Bertz CT molecular complexity index is 571. The number of H-pyrrole nitrogens is 1. The molecule has 2 N–H and O–H groups in total. The second-order valence-corrected chi connectivity index (χ2v) is 5.93. The number of halogens is 1. The lowest BCUT2D eigenvalue weighted by Gasteiger charge is -2.19. The summed E-state index contributed by atoms with van der Waals surface area (Å²) in [5, 5.41) is 4.43. The van der Waals surface area contributed by atoms with Crippen molar-refractivity contribution < 1.29 is 9.13 Å². The van der Waals surface area contributed by atoms with E-state index in [-0.39, 0.29) is 6.04 Å². The fourth-order valence-electron chi connectivity index (χ4n) is 2.28. The summed E-state index contributed by atoms with van der Waals surface area (Å²) in [6, 6.07) is 6.24.